The lowest BCUT2D eigenvalue weighted by atomic mass is 10.0. The molecule has 0 aromatic heterocycles. The van der Waals surface area contributed by atoms with Gasteiger partial charge >= 0.3 is 5.97 Å². The first kappa shape index (κ1) is 14.5. The molecule has 5 heteroatoms. The molecule has 0 bridgehead atoms. The van der Waals surface area contributed by atoms with Crippen molar-refractivity contribution in [2.75, 3.05) is 6.61 Å². The highest BCUT2D eigenvalue weighted by atomic mass is 16.5. The van der Waals surface area contributed by atoms with Crippen LogP contribution in [0.3, 0.4) is 0 Å². The van der Waals surface area contributed by atoms with Gasteiger partial charge in [0, 0.05) is 0 Å². The lowest BCUT2D eigenvalue weighted by Crippen LogP contribution is -2.40. The van der Waals surface area contributed by atoms with Crippen molar-refractivity contribution in [2.45, 2.75) is 32.0 Å². The smallest absolute Gasteiger partial charge is 0.307 e. The van der Waals surface area contributed by atoms with Gasteiger partial charge in [-0.15, -0.1) is 0 Å². The van der Waals surface area contributed by atoms with Gasteiger partial charge in [-0.05, 0) is 31.5 Å². The van der Waals surface area contributed by atoms with Crippen LogP contribution in [-0.2, 0) is 11.2 Å². The van der Waals surface area contributed by atoms with E-state index in [1.165, 1.54) is 13.8 Å². The molecule has 18 heavy (non-hydrogen) atoms. The highest BCUT2D eigenvalue weighted by molar-refractivity contribution is 5.70. The van der Waals surface area contributed by atoms with Crippen LogP contribution in [0.2, 0.25) is 0 Å². The van der Waals surface area contributed by atoms with Crippen molar-refractivity contribution in [1.29, 1.82) is 0 Å². The fourth-order valence-electron chi connectivity index (χ4n) is 1.26. The Balaban J connectivity index is 2.51. The molecule has 1 aromatic rings. The second-order valence-corrected chi connectivity index (χ2v) is 4.69. The average Bonchev–Trinajstić information content (AvgIpc) is 2.25. The molecule has 1 rings (SSSR count). The molecular weight excluding hydrogens is 236 g/mol. The molecule has 0 fully saturated rings. The molecule has 0 amide bonds. The lowest BCUT2D eigenvalue weighted by Gasteiger charge is -2.24. The van der Waals surface area contributed by atoms with Crippen LogP contribution in [0, 0.1) is 0 Å². The van der Waals surface area contributed by atoms with Gasteiger partial charge < -0.3 is 20.1 Å². The van der Waals surface area contributed by atoms with Crippen LogP contribution in [0.1, 0.15) is 19.4 Å². The van der Waals surface area contributed by atoms with Crippen molar-refractivity contribution < 1.29 is 24.9 Å². The first-order chi connectivity index (χ1) is 8.29. The van der Waals surface area contributed by atoms with E-state index in [2.05, 4.69) is 0 Å². The zero-order chi connectivity index (χ0) is 13.8. The maximum atomic E-state index is 10.5. The third kappa shape index (κ3) is 4.73. The Hall–Kier alpha value is -1.59. The molecule has 0 unspecified atom stereocenters. The number of aliphatic hydroxyl groups is 2. The molecule has 0 saturated carbocycles. The SMILES string of the molecule is CC(C)(O)[C@@H](O)COc1ccc(CC(=O)O)cc1. The van der Waals surface area contributed by atoms with Crippen molar-refractivity contribution in [1.82, 2.24) is 0 Å². The monoisotopic (exact) mass is 254 g/mol. The minimum atomic E-state index is -1.22. The van der Waals surface area contributed by atoms with E-state index in [1.807, 2.05) is 0 Å². The van der Waals surface area contributed by atoms with Gasteiger partial charge in [0.25, 0.3) is 0 Å². The average molecular weight is 254 g/mol. The summed E-state index contributed by atoms with van der Waals surface area (Å²) in [4.78, 5) is 10.5. The molecule has 5 nitrogen and oxygen atoms in total. The number of carboxylic acids is 1. The summed E-state index contributed by atoms with van der Waals surface area (Å²) in [6.07, 6.45) is -1.02. The minimum Gasteiger partial charge on any atom is -0.491 e. The zero-order valence-electron chi connectivity index (χ0n) is 10.5. The summed E-state index contributed by atoms with van der Waals surface area (Å²) >= 11 is 0. The van der Waals surface area contributed by atoms with Crippen LogP contribution in [0.5, 0.6) is 5.75 Å². The van der Waals surface area contributed by atoms with Gasteiger partial charge in [-0.25, -0.2) is 0 Å². The third-order valence-electron chi connectivity index (χ3n) is 2.50. The summed E-state index contributed by atoms with van der Waals surface area (Å²) in [7, 11) is 0. The Bertz CT molecular complexity index is 391. The van der Waals surface area contributed by atoms with Crippen molar-refractivity contribution in [2.24, 2.45) is 0 Å². The van der Waals surface area contributed by atoms with Gasteiger partial charge in [-0.1, -0.05) is 12.1 Å². The normalized spacial score (nSPS) is 13.1. The summed E-state index contributed by atoms with van der Waals surface area (Å²) in [5.74, 6) is -0.367. The van der Waals surface area contributed by atoms with Crippen molar-refractivity contribution >= 4 is 5.97 Å². The van der Waals surface area contributed by atoms with E-state index in [1.54, 1.807) is 24.3 Å². The van der Waals surface area contributed by atoms with Crippen LogP contribution < -0.4 is 4.74 Å². The fourth-order valence-corrected chi connectivity index (χ4v) is 1.26. The van der Waals surface area contributed by atoms with Crippen LogP contribution in [0.15, 0.2) is 24.3 Å². The maximum Gasteiger partial charge on any atom is 0.307 e. The number of hydrogen-bond donors (Lipinski definition) is 3. The Kier molecular flexibility index (Phi) is 4.69. The second kappa shape index (κ2) is 5.84. The number of aliphatic carboxylic acids is 1. The molecular formula is C13H18O5. The summed E-state index contributed by atoms with van der Waals surface area (Å²) in [5, 5.41) is 27.7. The topological polar surface area (TPSA) is 87.0 Å². The summed E-state index contributed by atoms with van der Waals surface area (Å²) < 4.78 is 5.30. The lowest BCUT2D eigenvalue weighted by molar-refractivity contribution is -0.136. The molecule has 0 saturated heterocycles. The zero-order valence-corrected chi connectivity index (χ0v) is 10.5. The van der Waals surface area contributed by atoms with E-state index in [0.717, 1.165) is 0 Å². The predicted molar refractivity (Wildman–Crippen MR) is 65.6 cm³/mol. The Labute approximate surface area is 106 Å². The third-order valence-corrected chi connectivity index (χ3v) is 2.50. The molecule has 0 aliphatic rings. The van der Waals surface area contributed by atoms with Crippen LogP contribution in [0.25, 0.3) is 0 Å². The Morgan fingerprint density at radius 1 is 1.33 bits per heavy atom. The number of carbonyl (C=O) groups is 1. The van der Waals surface area contributed by atoms with Gasteiger partial charge in [0.1, 0.15) is 18.5 Å². The molecule has 100 valence electrons. The number of benzene rings is 1. The Morgan fingerprint density at radius 3 is 2.33 bits per heavy atom. The van der Waals surface area contributed by atoms with Gasteiger partial charge in [-0.3, -0.25) is 4.79 Å². The van der Waals surface area contributed by atoms with Crippen LogP contribution in [0.4, 0.5) is 0 Å². The van der Waals surface area contributed by atoms with E-state index < -0.39 is 17.7 Å². The molecule has 0 heterocycles. The molecule has 1 atom stereocenters. The van der Waals surface area contributed by atoms with Crippen LogP contribution >= 0.6 is 0 Å². The molecule has 3 N–H and O–H groups in total. The molecule has 0 spiro atoms. The Morgan fingerprint density at radius 2 is 1.89 bits per heavy atom. The van der Waals surface area contributed by atoms with E-state index in [9.17, 15) is 15.0 Å². The number of ether oxygens (including phenoxy) is 1. The van der Waals surface area contributed by atoms with E-state index >= 15 is 0 Å². The van der Waals surface area contributed by atoms with Crippen molar-refractivity contribution in [3.05, 3.63) is 29.8 Å². The predicted octanol–water partition coefficient (Wildman–Crippen LogP) is 0.824. The summed E-state index contributed by atoms with van der Waals surface area (Å²) in [6.45, 7) is 2.97. The number of hydrogen-bond acceptors (Lipinski definition) is 4. The largest absolute Gasteiger partial charge is 0.491 e. The fraction of sp³-hybridized carbons (Fsp3) is 0.462. The number of carboxylic acid groups (broad SMARTS) is 1. The maximum absolute atomic E-state index is 10.5. The standard InChI is InChI=1S/C13H18O5/c1-13(2,17)11(14)8-18-10-5-3-9(4-6-10)7-12(15)16/h3-6,11,14,17H,7-8H2,1-2H3,(H,15,16)/t11-/m0/s1. The van der Waals surface area contributed by atoms with Gasteiger partial charge in [0.05, 0.1) is 12.0 Å². The minimum absolute atomic E-state index is 0.0260. The number of rotatable bonds is 6. The molecule has 0 aliphatic carbocycles. The van der Waals surface area contributed by atoms with Gasteiger partial charge in [0.15, 0.2) is 0 Å². The van der Waals surface area contributed by atoms with E-state index in [-0.39, 0.29) is 13.0 Å². The summed E-state index contributed by atoms with van der Waals surface area (Å²) in [6, 6.07) is 6.57. The van der Waals surface area contributed by atoms with Crippen LogP contribution in [-0.4, -0.2) is 39.6 Å². The second-order valence-electron chi connectivity index (χ2n) is 4.69. The molecule has 1 aromatic carbocycles. The van der Waals surface area contributed by atoms with Gasteiger partial charge in [-0.2, -0.15) is 0 Å². The quantitative estimate of drug-likeness (QED) is 0.699. The van der Waals surface area contributed by atoms with Crippen molar-refractivity contribution in [3.63, 3.8) is 0 Å². The first-order valence-electron chi connectivity index (χ1n) is 5.63. The van der Waals surface area contributed by atoms with E-state index in [4.69, 9.17) is 9.84 Å². The number of aliphatic hydroxyl groups excluding tert-OH is 1. The van der Waals surface area contributed by atoms with Crippen molar-refractivity contribution in [3.8, 4) is 5.75 Å². The highest BCUT2D eigenvalue weighted by Gasteiger charge is 2.24. The highest BCUT2D eigenvalue weighted by Crippen LogP contribution is 2.15. The van der Waals surface area contributed by atoms with Gasteiger partial charge in [0.2, 0.25) is 0 Å². The molecule has 0 aliphatic heterocycles. The van der Waals surface area contributed by atoms with E-state index in [0.29, 0.717) is 11.3 Å². The summed E-state index contributed by atoms with van der Waals surface area (Å²) in [5.41, 5.74) is -0.540. The first-order valence-corrected chi connectivity index (χ1v) is 5.63. The molecule has 0 radical (unpaired) electrons.